The van der Waals surface area contributed by atoms with Crippen LogP contribution in [0.5, 0.6) is 0 Å². The number of aromatic nitrogens is 1. The van der Waals surface area contributed by atoms with Crippen molar-refractivity contribution in [1.29, 1.82) is 0 Å². The van der Waals surface area contributed by atoms with Gasteiger partial charge in [0.25, 0.3) is 0 Å². The number of likely N-dealkylation sites (tertiary alicyclic amines) is 2. The first-order valence-corrected chi connectivity index (χ1v) is 13.9. The Morgan fingerprint density at radius 3 is 2.51 bits per heavy atom. The lowest BCUT2D eigenvalue weighted by molar-refractivity contribution is -0.138. The van der Waals surface area contributed by atoms with Crippen molar-refractivity contribution >= 4 is 46.9 Å². The second-order valence-electron chi connectivity index (χ2n) is 10.4. The Hall–Kier alpha value is -3.37. The Kier molecular flexibility index (Phi) is 10.00. The summed E-state index contributed by atoms with van der Waals surface area (Å²) >= 11 is 6.21. The highest BCUT2D eigenvalue weighted by atomic mass is 35.5. The third-order valence-corrected chi connectivity index (χ3v) is 7.64. The number of nitrogens with zero attached hydrogens (tertiary/aromatic N) is 3. The molecule has 1 unspecified atom stereocenters. The van der Waals surface area contributed by atoms with E-state index in [1.54, 1.807) is 12.3 Å². The number of carbonyl (C=O) groups is 3. The predicted octanol–water partition coefficient (Wildman–Crippen LogP) is 2.75. The van der Waals surface area contributed by atoms with Crippen LogP contribution in [0.1, 0.15) is 38.2 Å². The van der Waals surface area contributed by atoms with Gasteiger partial charge in [-0.05, 0) is 74.7 Å². The van der Waals surface area contributed by atoms with Crippen molar-refractivity contribution in [2.24, 2.45) is 5.92 Å². The smallest absolute Gasteiger partial charge is 0.225 e. The Morgan fingerprint density at radius 1 is 1.10 bits per heavy atom. The number of nitrogens with one attached hydrogen (secondary N) is 3. The lowest BCUT2D eigenvalue weighted by Gasteiger charge is -2.38. The fourth-order valence-corrected chi connectivity index (χ4v) is 5.49. The first-order valence-electron chi connectivity index (χ1n) is 13.5. The molecule has 39 heavy (non-hydrogen) atoms. The number of benzene rings is 1. The minimum Gasteiger partial charge on any atom is -0.384 e. The van der Waals surface area contributed by atoms with Gasteiger partial charge in [0.2, 0.25) is 11.8 Å². The molecule has 4 rings (SSSR count). The summed E-state index contributed by atoms with van der Waals surface area (Å²) in [5.74, 6) is 0.621. The molecule has 2 amide bonds. The van der Waals surface area contributed by atoms with Crippen LogP contribution < -0.4 is 21.7 Å². The van der Waals surface area contributed by atoms with Gasteiger partial charge in [-0.1, -0.05) is 11.6 Å². The maximum Gasteiger partial charge on any atom is 0.225 e. The van der Waals surface area contributed by atoms with Gasteiger partial charge in [0.1, 0.15) is 18.1 Å². The number of piperidine rings is 2. The fourth-order valence-electron chi connectivity index (χ4n) is 5.31. The molecule has 3 heterocycles. The normalized spacial score (nSPS) is 17.8. The molecule has 1 aromatic carbocycles. The van der Waals surface area contributed by atoms with E-state index in [9.17, 15) is 14.4 Å². The summed E-state index contributed by atoms with van der Waals surface area (Å²) in [5.41, 5.74) is 8.59. The zero-order valence-corrected chi connectivity index (χ0v) is 23.1. The average Bonchev–Trinajstić information content (AvgIpc) is 2.92. The van der Waals surface area contributed by atoms with Gasteiger partial charge in [-0.25, -0.2) is 4.98 Å². The van der Waals surface area contributed by atoms with Gasteiger partial charge >= 0.3 is 0 Å². The summed E-state index contributed by atoms with van der Waals surface area (Å²) in [7, 11) is 0. The fraction of sp³-hybridized carbons (Fsp3) is 0.500. The molecule has 2 aliphatic heterocycles. The van der Waals surface area contributed by atoms with Crippen LogP contribution in [0, 0.1) is 5.92 Å². The number of halogens is 1. The van der Waals surface area contributed by atoms with Gasteiger partial charge in [0, 0.05) is 56.3 Å². The second-order valence-corrected chi connectivity index (χ2v) is 10.8. The lowest BCUT2D eigenvalue weighted by atomic mass is 9.93. The molecule has 2 aliphatic rings. The highest BCUT2D eigenvalue weighted by Crippen LogP contribution is 2.29. The molecule has 0 aliphatic carbocycles. The summed E-state index contributed by atoms with van der Waals surface area (Å²) in [4.78, 5) is 44.3. The maximum atomic E-state index is 13.3. The monoisotopic (exact) mass is 555 g/mol. The molecule has 10 nitrogen and oxygen atoms in total. The molecule has 5 N–H and O–H groups in total. The van der Waals surface area contributed by atoms with Crippen molar-refractivity contribution in [2.45, 2.75) is 51.2 Å². The number of nitrogen functional groups attached to an aromatic ring is 1. The second kappa shape index (κ2) is 13.6. The summed E-state index contributed by atoms with van der Waals surface area (Å²) < 4.78 is 0. The van der Waals surface area contributed by atoms with E-state index in [0.29, 0.717) is 17.1 Å². The SMILES string of the molecule is CC(=O)NC(C=O)CNc1cc(Cl)ccc1NC1CCN(C(=O)C2CCN(Cc3ccnc(N)c3)CC2)CC1. The van der Waals surface area contributed by atoms with E-state index in [-0.39, 0.29) is 30.3 Å². The zero-order chi connectivity index (χ0) is 27.8. The highest BCUT2D eigenvalue weighted by Gasteiger charge is 2.31. The summed E-state index contributed by atoms with van der Waals surface area (Å²) in [6.07, 6.45) is 5.88. The molecular formula is C28H38ClN7O3. The van der Waals surface area contributed by atoms with Crippen LogP contribution >= 0.6 is 11.6 Å². The van der Waals surface area contributed by atoms with E-state index in [4.69, 9.17) is 17.3 Å². The van der Waals surface area contributed by atoms with Crippen molar-refractivity contribution in [3.63, 3.8) is 0 Å². The van der Waals surface area contributed by atoms with Crippen LogP contribution in [0.25, 0.3) is 0 Å². The Balaban J connectivity index is 1.24. The Morgan fingerprint density at radius 2 is 1.85 bits per heavy atom. The summed E-state index contributed by atoms with van der Waals surface area (Å²) in [6.45, 7) is 5.70. The Labute approximate surface area is 234 Å². The van der Waals surface area contributed by atoms with Crippen molar-refractivity contribution in [1.82, 2.24) is 20.1 Å². The van der Waals surface area contributed by atoms with E-state index in [0.717, 1.165) is 75.3 Å². The maximum absolute atomic E-state index is 13.3. The van der Waals surface area contributed by atoms with Gasteiger partial charge in [0.15, 0.2) is 0 Å². The number of carbonyl (C=O) groups excluding carboxylic acids is 3. The molecule has 0 radical (unpaired) electrons. The number of hydrogen-bond acceptors (Lipinski definition) is 8. The zero-order valence-electron chi connectivity index (χ0n) is 22.4. The number of nitrogens with two attached hydrogens (primary N) is 1. The molecule has 210 valence electrons. The minimum absolute atomic E-state index is 0.0784. The van der Waals surface area contributed by atoms with Gasteiger partial charge < -0.3 is 31.4 Å². The first-order chi connectivity index (χ1) is 18.8. The van der Waals surface area contributed by atoms with E-state index in [1.165, 1.54) is 6.92 Å². The molecule has 11 heteroatoms. The molecular weight excluding hydrogens is 518 g/mol. The highest BCUT2D eigenvalue weighted by molar-refractivity contribution is 6.31. The van der Waals surface area contributed by atoms with Gasteiger partial charge in [-0.2, -0.15) is 0 Å². The molecule has 2 aromatic rings. The average molecular weight is 556 g/mol. The number of anilines is 3. The van der Waals surface area contributed by atoms with Crippen molar-refractivity contribution < 1.29 is 14.4 Å². The van der Waals surface area contributed by atoms with Crippen LogP contribution in [-0.4, -0.2) is 77.7 Å². The van der Waals surface area contributed by atoms with Crippen LogP contribution in [0.3, 0.4) is 0 Å². The number of aldehydes is 1. The summed E-state index contributed by atoms with van der Waals surface area (Å²) in [5, 5.41) is 9.97. The Bertz CT molecular complexity index is 1150. The van der Waals surface area contributed by atoms with E-state index >= 15 is 0 Å². The minimum atomic E-state index is -0.634. The molecule has 0 saturated carbocycles. The molecule has 1 atom stereocenters. The number of hydrogen-bond donors (Lipinski definition) is 4. The molecule has 1 aromatic heterocycles. The van der Waals surface area contributed by atoms with Crippen LogP contribution in [0.4, 0.5) is 17.2 Å². The van der Waals surface area contributed by atoms with Gasteiger partial charge in [-0.15, -0.1) is 0 Å². The van der Waals surface area contributed by atoms with E-state index in [1.807, 2.05) is 29.2 Å². The van der Waals surface area contributed by atoms with Crippen LogP contribution in [0.15, 0.2) is 36.5 Å². The topological polar surface area (TPSA) is 133 Å². The molecule has 2 fully saturated rings. The largest absolute Gasteiger partial charge is 0.384 e. The third-order valence-electron chi connectivity index (χ3n) is 7.40. The first kappa shape index (κ1) is 28.6. The van der Waals surface area contributed by atoms with Gasteiger partial charge in [0.05, 0.1) is 11.4 Å². The van der Waals surface area contributed by atoms with Crippen molar-refractivity contribution in [3.8, 4) is 0 Å². The number of rotatable bonds is 10. The lowest BCUT2D eigenvalue weighted by Crippen LogP contribution is -2.47. The van der Waals surface area contributed by atoms with E-state index < -0.39 is 6.04 Å². The van der Waals surface area contributed by atoms with Gasteiger partial charge in [-0.3, -0.25) is 14.5 Å². The molecule has 0 bridgehead atoms. The number of amides is 2. The molecule has 2 saturated heterocycles. The predicted molar refractivity (Wildman–Crippen MR) is 153 cm³/mol. The van der Waals surface area contributed by atoms with Crippen molar-refractivity contribution in [2.75, 3.05) is 49.1 Å². The quantitative estimate of drug-likeness (QED) is 0.329. The standard InChI is InChI=1S/C28H38ClN7O3/c1-19(38)33-24(18-37)16-32-26-15-22(29)2-3-25(26)34-23-7-12-36(13-8-23)28(39)21-5-10-35(11-6-21)17-20-4-9-31-27(30)14-20/h2-4,9,14-15,18,21,23-24,32,34H,5-8,10-13,16-17H2,1H3,(H2,30,31)(H,33,38). The third kappa shape index (κ3) is 8.31. The van der Waals surface area contributed by atoms with Crippen LogP contribution in [0.2, 0.25) is 5.02 Å². The van der Waals surface area contributed by atoms with Crippen molar-refractivity contribution in [3.05, 3.63) is 47.1 Å². The van der Waals surface area contributed by atoms with Crippen LogP contribution in [-0.2, 0) is 20.9 Å². The summed E-state index contributed by atoms with van der Waals surface area (Å²) in [6, 6.07) is 9.00. The molecule has 0 spiro atoms. The van der Waals surface area contributed by atoms with E-state index in [2.05, 4.69) is 25.8 Å². The number of pyridine rings is 1.